The smallest absolute Gasteiger partial charge is 0.276 e. The van der Waals surface area contributed by atoms with Gasteiger partial charge in [-0.3, -0.25) is 9.89 Å². The van der Waals surface area contributed by atoms with Crippen LogP contribution in [0.4, 0.5) is 0 Å². The van der Waals surface area contributed by atoms with Gasteiger partial charge in [-0.15, -0.1) is 0 Å². The number of hydrogen-bond donors (Lipinski definition) is 1. The van der Waals surface area contributed by atoms with Gasteiger partial charge in [0.25, 0.3) is 5.91 Å². The molecular formula is C19H20N4O2. The van der Waals surface area contributed by atoms with Gasteiger partial charge in [-0.25, -0.2) is 0 Å². The highest BCUT2D eigenvalue weighted by molar-refractivity contribution is 5.92. The van der Waals surface area contributed by atoms with Crippen LogP contribution in [0.15, 0.2) is 47.3 Å². The van der Waals surface area contributed by atoms with Crippen molar-refractivity contribution in [3.63, 3.8) is 0 Å². The molecule has 4 rings (SSSR count). The Hall–Kier alpha value is -2.89. The number of rotatable bonds is 3. The van der Waals surface area contributed by atoms with Crippen molar-refractivity contribution in [3.05, 3.63) is 59.7 Å². The Morgan fingerprint density at radius 1 is 1.28 bits per heavy atom. The Labute approximate surface area is 145 Å². The van der Waals surface area contributed by atoms with E-state index >= 15 is 0 Å². The van der Waals surface area contributed by atoms with Gasteiger partial charge in [-0.1, -0.05) is 35.0 Å². The highest BCUT2D eigenvalue weighted by Crippen LogP contribution is 2.33. The summed E-state index contributed by atoms with van der Waals surface area (Å²) < 4.78 is 4.80. The number of H-pyrrole nitrogens is 1. The summed E-state index contributed by atoms with van der Waals surface area (Å²) in [6.07, 6.45) is 5.29. The molecule has 1 fully saturated rings. The molecule has 1 aliphatic rings. The first-order valence-electron chi connectivity index (χ1n) is 8.52. The molecule has 25 heavy (non-hydrogen) atoms. The number of aromatic nitrogens is 3. The number of aryl methyl sites for hydroxylation is 1. The second kappa shape index (κ2) is 6.55. The molecule has 0 unspecified atom stereocenters. The fourth-order valence-corrected chi connectivity index (χ4v) is 3.45. The van der Waals surface area contributed by atoms with E-state index in [0.29, 0.717) is 12.2 Å². The molecule has 6 heteroatoms. The number of piperidine rings is 1. The van der Waals surface area contributed by atoms with Gasteiger partial charge in [0.05, 0.1) is 6.20 Å². The number of likely N-dealkylation sites (tertiary alicyclic amines) is 1. The molecule has 3 aromatic rings. The second-order valence-corrected chi connectivity index (χ2v) is 6.54. The number of benzene rings is 1. The Morgan fingerprint density at radius 3 is 2.88 bits per heavy atom. The molecule has 1 aliphatic heterocycles. The van der Waals surface area contributed by atoms with E-state index in [-0.39, 0.29) is 11.8 Å². The van der Waals surface area contributed by atoms with Crippen LogP contribution in [0.25, 0.3) is 11.1 Å². The molecule has 1 saturated heterocycles. The standard InChI is InChI=1S/C19H20N4O2/c1-13-4-6-14(7-5-13)16-11-20-21-18(16)15-3-2-9-23(12-15)19(24)17-8-10-25-22-17/h4-8,10-11,15H,2-3,9,12H2,1H3,(H,20,21)/t15-/m1/s1. The van der Waals surface area contributed by atoms with Crippen LogP contribution in [0, 0.1) is 6.92 Å². The van der Waals surface area contributed by atoms with Gasteiger partial charge >= 0.3 is 0 Å². The van der Waals surface area contributed by atoms with Crippen LogP contribution in [0.1, 0.15) is 40.5 Å². The molecule has 6 nitrogen and oxygen atoms in total. The Kier molecular flexibility index (Phi) is 4.09. The molecule has 0 bridgehead atoms. The van der Waals surface area contributed by atoms with Crippen LogP contribution in [0.5, 0.6) is 0 Å². The van der Waals surface area contributed by atoms with E-state index in [2.05, 4.69) is 46.5 Å². The van der Waals surface area contributed by atoms with Gasteiger partial charge < -0.3 is 9.42 Å². The summed E-state index contributed by atoms with van der Waals surface area (Å²) in [4.78, 5) is 14.4. The molecule has 1 atom stereocenters. The highest BCUT2D eigenvalue weighted by atomic mass is 16.5. The van der Waals surface area contributed by atoms with Crippen molar-refractivity contribution in [2.24, 2.45) is 0 Å². The lowest BCUT2D eigenvalue weighted by Crippen LogP contribution is -2.39. The third-order valence-corrected chi connectivity index (χ3v) is 4.81. The van der Waals surface area contributed by atoms with Crippen LogP contribution in [0.3, 0.4) is 0 Å². The monoisotopic (exact) mass is 336 g/mol. The average Bonchev–Trinajstić information content (AvgIpc) is 3.34. The number of nitrogens with zero attached hydrogens (tertiary/aromatic N) is 3. The molecular weight excluding hydrogens is 316 g/mol. The van der Waals surface area contributed by atoms with Crippen LogP contribution >= 0.6 is 0 Å². The molecule has 128 valence electrons. The summed E-state index contributed by atoms with van der Waals surface area (Å²) in [6, 6.07) is 10.1. The number of hydrogen-bond acceptors (Lipinski definition) is 4. The quantitative estimate of drug-likeness (QED) is 0.795. The molecule has 1 N–H and O–H groups in total. The van der Waals surface area contributed by atoms with Gasteiger partial charge in [0.1, 0.15) is 6.26 Å². The first kappa shape index (κ1) is 15.6. The van der Waals surface area contributed by atoms with E-state index in [0.717, 1.165) is 36.2 Å². The number of amides is 1. The van der Waals surface area contributed by atoms with Crippen LogP contribution in [0.2, 0.25) is 0 Å². The largest absolute Gasteiger partial charge is 0.364 e. The van der Waals surface area contributed by atoms with E-state index in [1.807, 2.05) is 11.1 Å². The molecule has 1 amide bonds. The highest BCUT2D eigenvalue weighted by Gasteiger charge is 2.29. The van der Waals surface area contributed by atoms with Gasteiger partial charge in [0.2, 0.25) is 0 Å². The minimum Gasteiger partial charge on any atom is -0.364 e. The number of carbonyl (C=O) groups excluding carboxylic acids is 1. The van der Waals surface area contributed by atoms with E-state index in [9.17, 15) is 4.79 Å². The van der Waals surface area contributed by atoms with Crippen LogP contribution in [-0.2, 0) is 0 Å². The lowest BCUT2D eigenvalue weighted by Gasteiger charge is -2.32. The fraction of sp³-hybridized carbons (Fsp3) is 0.316. The molecule has 0 radical (unpaired) electrons. The molecule has 0 spiro atoms. The number of aromatic amines is 1. The average molecular weight is 336 g/mol. The fourth-order valence-electron chi connectivity index (χ4n) is 3.45. The molecule has 1 aromatic carbocycles. The summed E-state index contributed by atoms with van der Waals surface area (Å²) in [5, 5.41) is 11.2. The summed E-state index contributed by atoms with van der Waals surface area (Å²) in [5.41, 5.74) is 4.96. The Balaban J connectivity index is 1.57. The first-order chi connectivity index (χ1) is 12.2. The number of carbonyl (C=O) groups is 1. The molecule has 0 aliphatic carbocycles. The maximum absolute atomic E-state index is 12.5. The summed E-state index contributed by atoms with van der Waals surface area (Å²) in [6.45, 7) is 3.48. The Morgan fingerprint density at radius 2 is 2.12 bits per heavy atom. The van der Waals surface area contributed by atoms with E-state index < -0.39 is 0 Å². The summed E-state index contributed by atoms with van der Waals surface area (Å²) in [7, 11) is 0. The zero-order valence-electron chi connectivity index (χ0n) is 14.1. The van der Waals surface area contributed by atoms with E-state index in [1.54, 1.807) is 6.07 Å². The van der Waals surface area contributed by atoms with Crippen molar-refractivity contribution in [2.45, 2.75) is 25.7 Å². The molecule has 3 heterocycles. The lowest BCUT2D eigenvalue weighted by atomic mass is 9.90. The summed E-state index contributed by atoms with van der Waals surface area (Å²) in [5.74, 6) is 0.165. The first-order valence-corrected chi connectivity index (χ1v) is 8.52. The van der Waals surface area contributed by atoms with Crippen molar-refractivity contribution in [1.82, 2.24) is 20.3 Å². The third-order valence-electron chi connectivity index (χ3n) is 4.81. The topological polar surface area (TPSA) is 75.0 Å². The van der Waals surface area contributed by atoms with Crippen LogP contribution in [-0.4, -0.2) is 39.3 Å². The van der Waals surface area contributed by atoms with Crippen molar-refractivity contribution in [2.75, 3.05) is 13.1 Å². The minimum atomic E-state index is -0.0742. The maximum Gasteiger partial charge on any atom is 0.276 e. The predicted octanol–water partition coefficient (Wildman–Crippen LogP) is 3.39. The van der Waals surface area contributed by atoms with Crippen LogP contribution < -0.4 is 0 Å². The predicted molar refractivity (Wildman–Crippen MR) is 93.1 cm³/mol. The van der Waals surface area contributed by atoms with Gasteiger partial charge in [0.15, 0.2) is 5.69 Å². The van der Waals surface area contributed by atoms with E-state index in [4.69, 9.17) is 4.52 Å². The third kappa shape index (κ3) is 3.07. The van der Waals surface area contributed by atoms with Gasteiger partial charge in [-0.2, -0.15) is 5.10 Å². The summed E-state index contributed by atoms with van der Waals surface area (Å²) >= 11 is 0. The van der Waals surface area contributed by atoms with Crippen molar-refractivity contribution < 1.29 is 9.32 Å². The zero-order chi connectivity index (χ0) is 17.2. The minimum absolute atomic E-state index is 0.0742. The molecule has 2 aromatic heterocycles. The van der Waals surface area contributed by atoms with Gasteiger partial charge in [-0.05, 0) is 25.3 Å². The van der Waals surface area contributed by atoms with Gasteiger partial charge in [0, 0.05) is 36.3 Å². The Bertz CT molecular complexity index is 852. The van der Waals surface area contributed by atoms with Crippen molar-refractivity contribution >= 4 is 5.91 Å². The van der Waals surface area contributed by atoms with Crippen molar-refractivity contribution in [3.8, 4) is 11.1 Å². The number of nitrogens with one attached hydrogen (secondary N) is 1. The lowest BCUT2D eigenvalue weighted by molar-refractivity contribution is 0.0695. The molecule has 0 saturated carbocycles. The SMILES string of the molecule is Cc1ccc(-c2cn[nH]c2[C@@H]2CCCN(C(=O)c3ccon3)C2)cc1. The normalized spacial score (nSPS) is 17.6. The van der Waals surface area contributed by atoms with Crippen molar-refractivity contribution in [1.29, 1.82) is 0 Å². The zero-order valence-corrected chi connectivity index (χ0v) is 14.1. The maximum atomic E-state index is 12.5. The second-order valence-electron chi connectivity index (χ2n) is 6.54. The van der Waals surface area contributed by atoms with E-state index in [1.165, 1.54) is 11.8 Å².